The van der Waals surface area contributed by atoms with Crippen molar-refractivity contribution in [2.45, 2.75) is 6.42 Å². The van der Waals surface area contributed by atoms with Gasteiger partial charge in [0.1, 0.15) is 0 Å². The fraction of sp³-hybridized carbons (Fsp3) is 0.444. The van der Waals surface area contributed by atoms with Crippen molar-refractivity contribution in [3.8, 4) is 0 Å². The Bertz CT molecular complexity index is 320. The van der Waals surface area contributed by atoms with E-state index in [1.54, 1.807) is 11.7 Å². The Kier molecular flexibility index (Phi) is 4.23. The Morgan fingerprint density at radius 1 is 1.40 bits per heavy atom. The van der Waals surface area contributed by atoms with Crippen LogP contribution in [0.1, 0.15) is 4.88 Å². The first-order chi connectivity index (χ1) is 7.19. The maximum Gasteiger partial charge on any atom is 0.320 e. The van der Waals surface area contributed by atoms with Crippen LogP contribution in [0.25, 0.3) is 0 Å². The minimum atomic E-state index is -0.902. The summed E-state index contributed by atoms with van der Waals surface area (Å²) in [6.45, 7) is 0. The fourth-order valence-corrected chi connectivity index (χ4v) is 1.73. The molecule has 0 atom stereocenters. The molecule has 0 aliphatic heterocycles. The zero-order valence-electron chi connectivity index (χ0n) is 8.43. The Balaban J connectivity index is 2.73. The first-order valence-corrected chi connectivity index (χ1v) is 5.10. The number of aromatic nitrogens is 1. The van der Waals surface area contributed by atoms with Gasteiger partial charge in [0, 0.05) is 17.5 Å². The topological polar surface area (TPSA) is 65.5 Å². The molecule has 6 heteroatoms. The molecule has 0 spiro atoms. The summed E-state index contributed by atoms with van der Waals surface area (Å²) in [4.78, 5) is 27.3. The van der Waals surface area contributed by atoms with Gasteiger partial charge in [0.2, 0.25) is 0 Å². The molecule has 0 aliphatic rings. The Hall–Kier alpha value is -1.43. The number of hydrogen-bond donors (Lipinski definition) is 0. The van der Waals surface area contributed by atoms with Crippen LogP contribution < -0.4 is 0 Å². The Morgan fingerprint density at radius 3 is 2.40 bits per heavy atom. The number of nitrogens with zero attached hydrogens (tertiary/aromatic N) is 1. The third-order valence-corrected chi connectivity index (χ3v) is 2.66. The molecule has 0 amide bonds. The van der Waals surface area contributed by atoms with Gasteiger partial charge in [-0.1, -0.05) is 0 Å². The van der Waals surface area contributed by atoms with Gasteiger partial charge in [-0.3, -0.25) is 14.6 Å². The summed E-state index contributed by atoms with van der Waals surface area (Å²) in [6, 6.07) is 0. The molecule has 0 aliphatic carbocycles. The second-order valence-corrected chi connectivity index (χ2v) is 3.74. The summed E-state index contributed by atoms with van der Waals surface area (Å²) in [5.74, 6) is -2.08. The van der Waals surface area contributed by atoms with Crippen LogP contribution in [0.15, 0.2) is 11.7 Å². The summed E-state index contributed by atoms with van der Waals surface area (Å²) >= 11 is 1.38. The lowest BCUT2D eigenvalue weighted by atomic mass is 10.1. The molecule has 0 aromatic carbocycles. The molecule has 15 heavy (non-hydrogen) atoms. The van der Waals surface area contributed by atoms with Gasteiger partial charge in [-0.05, 0) is 0 Å². The largest absolute Gasteiger partial charge is 0.468 e. The van der Waals surface area contributed by atoms with Crippen LogP contribution in [0.3, 0.4) is 0 Å². The van der Waals surface area contributed by atoms with Gasteiger partial charge in [-0.25, -0.2) is 0 Å². The summed E-state index contributed by atoms with van der Waals surface area (Å²) in [5.41, 5.74) is 1.64. The van der Waals surface area contributed by atoms with Crippen LogP contribution in [-0.2, 0) is 25.5 Å². The van der Waals surface area contributed by atoms with Crippen LogP contribution in [-0.4, -0.2) is 31.1 Å². The Labute approximate surface area is 91.0 Å². The highest BCUT2D eigenvalue weighted by molar-refractivity contribution is 7.09. The third-order valence-electron chi connectivity index (χ3n) is 1.86. The molecular formula is C9H11NO4S. The molecule has 0 unspecified atom stereocenters. The van der Waals surface area contributed by atoms with Gasteiger partial charge >= 0.3 is 11.9 Å². The molecule has 0 bridgehead atoms. The van der Waals surface area contributed by atoms with Crippen LogP contribution in [0.5, 0.6) is 0 Å². The minimum absolute atomic E-state index is 0.268. The number of thiazole rings is 1. The average molecular weight is 229 g/mol. The molecule has 0 radical (unpaired) electrons. The molecule has 0 saturated carbocycles. The molecule has 1 rings (SSSR count). The van der Waals surface area contributed by atoms with E-state index in [1.165, 1.54) is 25.6 Å². The van der Waals surface area contributed by atoms with E-state index in [-0.39, 0.29) is 6.42 Å². The van der Waals surface area contributed by atoms with Crippen molar-refractivity contribution in [2.24, 2.45) is 5.92 Å². The van der Waals surface area contributed by atoms with Crippen LogP contribution in [0.4, 0.5) is 0 Å². The van der Waals surface area contributed by atoms with E-state index < -0.39 is 17.9 Å². The number of ether oxygens (including phenoxy) is 2. The van der Waals surface area contributed by atoms with Gasteiger partial charge in [-0.15, -0.1) is 11.3 Å². The second kappa shape index (κ2) is 5.45. The maximum atomic E-state index is 11.3. The van der Waals surface area contributed by atoms with Crippen LogP contribution >= 0.6 is 11.3 Å². The number of carbonyl (C=O) groups is 2. The molecule has 0 fully saturated rings. The van der Waals surface area contributed by atoms with Gasteiger partial charge in [0.25, 0.3) is 0 Å². The molecule has 0 N–H and O–H groups in total. The van der Waals surface area contributed by atoms with E-state index in [2.05, 4.69) is 14.5 Å². The first-order valence-electron chi connectivity index (χ1n) is 4.22. The number of esters is 2. The van der Waals surface area contributed by atoms with E-state index in [0.29, 0.717) is 0 Å². The quantitative estimate of drug-likeness (QED) is 0.560. The van der Waals surface area contributed by atoms with Crippen molar-refractivity contribution in [3.63, 3.8) is 0 Å². The van der Waals surface area contributed by atoms with E-state index in [1.807, 2.05) is 0 Å². The monoisotopic (exact) mass is 229 g/mol. The van der Waals surface area contributed by atoms with E-state index in [0.717, 1.165) is 4.88 Å². The van der Waals surface area contributed by atoms with Gasteiger partial charge in [0.15, 0.2) is 5.92 Å². The molecule has 1 heterocycles. The number of carbonyl (C=O) groups excluding carboxylic acids is 2. The second-order valence-electron chi connectivity index (χ2n) is 2.77. The predicted molar refractivity (Wildman–Crippen MR) is 53.3 cm³/mol. The van der Waals surface area contributed by atoms with Gasteiger partial charge in [-0.2, -0.15) is 0 Å². The SMILES string of the molecule is COC(=O)C(Cc1cncs1)C(=O)OC. The van der Waals surface area contributed by atoms with E-state index in [4.69, 9.17) is 0 Å². The zero-order valence-corrected chi connectivity index (χ0v) is 9.24. The maximum absolute atomic E-state index is 11.3. The molecule has 1 aromatic rings. The van der Waals surface area contributed by atoms with Crippen molar-refractivity contribution >= 4 is 23.3 Å². The normalized spacial score (nSPS) is 10.1. The lowest BCUT2D eigenvalue weighted by Crippen LogP contribution is -2.28. The summed E-state index contributed by atoms with van der Waals surface area (Å²) in [6.07, 6.45) is 1.88. The lowest BCUT2D eigenvalue weighted by molar-refractivity contribution is -0.158. The standard InChI is InChI=1S/C9H11NO4S/c1-13-8(11)7(9(12)14-2)3-6-4-10-5-15-6/h4-5,7H,3H2,1-2H3. The van der Waals surface area contributed by atoms with Crippen molar-refractivity contribution in [2.75, 3.05) is 14.2 Å². The number of hydrogen-bond acceptors (Lipinski definition) is 6. The molecule has 1 aromatic heterocycles. The van der Waals surface area contributed by atoms with Crippen molar-refractivity contribution < 1.29 is 19.1 Å². The van der Waals surface area contributed by atoms with Crippen molar-refractivity contribution in [3.05, 3.63) is 16.6 Å². The van der Waals surface area contributed by atoms with E-state index >= 15 is 0 Å². The van der Waals surface area contributed by atoms with E-state index in [9.17, 15) is 9.59 Å². The summed E-state index contributed by atoms with van der Waals surface area (Å²) in [7, 11) is 2.48. The van der Waals surface area contributed by atoms with Gasteiger partial charge in [0.05, 0.1) is 19.7 Å². The third kappa shape index (κ3) is 3.02. The molecular weight excluding hydrogens is 218 g/mol. The van der Waals surface area contributed by atoms with Gasteiger partial charge < -0.3 is 9.47 Å². The first kappa shape index (κ1) is 11.6. The zero-order chi connectivity index (χ0) is 11.3. The molecule has 82 valence electrons. The summed E-state index contributed by atoms with van der Waals surface area (Å²) in [5, 5.41) is 0. The highest BCUT2D eigenvalue weighted by Gasteiger charge is 2.29. The fourth-order valence-electron chi connectivity index (χ4n) is 1.09. The smallest absolute Gasteiger partial charge is 0.320 e. The number of rotatable bonds is 4. The van der Waals surface area contributed by atoms with Crippen LogP contribution in [0.2, 0.25) is 0 Å². The molecule has 0 saturated heterocycles. The highest BCUT2D eigenvalue weighted by atomic mass is 32.1. The highest BCUT2D eigenvalue weighted by Crippen LogP contribution is 2.15. The average Bonchev–Trinajstić information content (AvgIpc) is 2.76. The minimum Gasteiger partial charge on any atom is -0.468 e. The predicted octanol–water partition coefficient (Wildman–Crippen LogP) is 0.648. The number of methoxy groups -OCH3 is 2. The summed E-state index contributed by atoms with van der Waals surface area (Å²) < 4.78 is 9.06. The van der Waals surface area contributed by atoms with Crippen molar-refractivity contribution in [1.29, 1.82) is 0 Å². The molecule has 5 nitrogen and oxygen atoms in total. The van der Waals surface area contributed by atoms with Crippen molar-refractivity contribution in [1.82, 2.24) is 4.98 Å². The van der Waals surface area contributed by atoms with Crippen LogP contribution in [0, 0.1) is 5.92 Å². The lowest BCUT2D eigenvalue weighted by Gasteiger charge is -2.10. The Morgan fingerprint density at radius 2 is 2.00 bits per heavy atom.